The number of aldehydes is 1. The quantitative estimate of drug-likeness (QED) is 0.647. The lowest BCUT2D eigenvalue weighted by Crippen LogP contribution is -1.98. The van der Waals surface area contributed by atoms with Gasteiger partial charge in [-0.05, 0) is 30.0 Å². The second kappa shape index (κ2) is 4.22. The van der Waals surface area contributed by atoms with Gasteiger partial charge in [0.15, 0.2) is 0 Å². The molecule has 0 aliphatic rings. The highest BCUT2D eigenvalue weighted by Crippen LogP contribution is 2.19. The smallest absolute Gasteiger partial charge is 0.127 e. The van der Waals surface area contributed by atoms with E-state index in [0.29, 0.717) is 0 Å². The van der Waals surface area contributed by atoms with Gasteiger partial charge in [-0.1, -0.05) is 32.0 Å². The fraction of sp³-hybridized carbons (Fsp3) is 0.417. The van der Waals surface area contributed by atoms with Crippen LogP contribution >= 0.6 is 0 Å². The zero-order valence-corrected chi connectivity index (χ0v) is 8.50. The van der Waals surface area contributed by atoms with E-state index in [9.17, 15) is 4.79 Å². The van der Waals surface area contributed by atoms with E-state index >= 15 is 0 Å². The van der Waals surface area contributed by atoms with Gasteiger partial charge in [-0.2, -0.15) is 0 Å². The summed E-state index contributed by atoms with van der Waals surface area (Å²) in [6.07, 6.45) is 2.05. The van der Waals surface area contributed by atoms with Gasteiger partial charge in [0.1, 0.15) is 6.29 Å². The first-order chi connectivity index (χ1) is 6.19. The Balaban J connectivity index is 3.04. The minimum atomic E-state index is 0.0194. The molecule has 1 heteroatoms. The summed E-state index contributed by atoms with van der Waals surface area (Å²) in [6, 6.07) is 6.32. The number of rotatable bonds is 3. The van der Waals surface area contributed by atoms with E-state index in [2.05, 4.69) is 32.0 Å². The first-order valence-electron chi connectivity index (χ1n) is 4.73. The van der Waals surface area contributed by atoms with Crippen molar-refractivity contribution in [2.75, 3.05) is 0 Å². The molecule has 13 heavy (non-hydrogen) atoms. The molecule has 0 saturated heterocycles. The summed E-state index contributed by atoms with van der Waals surface area (Å²) in [6.45, 7) is 6.13. The van der Waals surface area contributed by atoms with Crippen LogP contribution in [0.2, 0.25) is 0 Å². The van der Waals surface area contributed by atoms with Crippen molar-refractivity contribution < 1.29 is 4.79 Å². The molecular weight excluding hydrogens is 160 g/mol. The second-order valence-electron chi connectivity index (χ2n) is 3.47. The Kier molecular flexibility index (Phi) is 3.24. The monoisotopic (exact) mass is 176 g/mol. The SMILES string of the molecule is CCc1ccc(C(C)C=O)c(C)c1. The van der Waals surface area contributed by atoms with Crippen LogP contribution in [0.4, 0.5) is 0 Å². The number of carbonyl (C=O) groups is 1. The number of hydrogen-bond donors (Lipinski definition) is 0. The normalized spacial score (nSPS) is 12.5. The van der Waals surface area contributed by atoms with Crippen molar-refractivity contribution in [3.05, 3.63) is 34.9 Å². The summed E-state index contributed by atoms with van der Waals surface area (Å²) in [5.41, 5.74) is 3.70. The predicted octanol–water partition coefficient (Wildman–Crippen LogP) is 2.86. The molecule has 0 bridgehead atoms. The van der Waals surface area contributed by atoms with Crippen LogP contribution in [-0.4, -0.2) is 6.29 Å². The van der Waals surface area contributed by atoms with E-state index in [4.69, 9.17) is 0 Å². The first kappa shape index (κ1) is 9.97. The maximum absolute atomic E-state index is 10.6. The molecule has 0 aliphatic carbocycles. The number of benzene rings is 1. The van der Waals surface area contributed by atoms with Crippen LogP contribution in [0, 0.1) is 6.92 Å². The van der Waals surface area contributed by atoms with E-state index in [-0.39, 0.29) is 5.92 Å². The Hall–Kier alpha value is -1.11. The molecule has 0 aliphatic heterocycles. The molecule has 0 aromatic heterocycles. The Morgan fingerprint density at radius 1 is 1.46 bits per heavy atom. The third kappa shape index (κ3) is 2.18. The molecule has 1 unspecified atom stereocenters. The average molecular weight is 176 g/mol. The molecule has 0 radical (unpaired) electrons. The van der Waals surface area contributed by atoms with Crippen molar-refractivity contribution in [3.63, 3.8) is 0 Å². The maximum Gasteiger partial charge on any atom is 0.127 e. The fourth-order valence-corrected chi connectivity index (χ4v) is 1.54. The topological polar surface area (TPSA) is 17.1 Å². The van der Waals surface area contributed by atoms with Crippen molar-refractivity contribution in [1.82, 2.24) is 0 Å². The van der Waals surface area contributed by atoms with Crippen molar-refractivity contribution in [2.45, 2.75) is 33.1 Å². The van der Waals surface area contributed by atoms with Gasteiger partial charge in [0.25, 0.3) is 0 Å². The highest BCUT2D eigenvalue weighted by molar-refractivity contribution is 5.62. The van der Waals surface area contributed by atoms with Gasteiger partial charge in [-0.15, -0.1) is 0 Å². The molecule has 1 nitrogen and oxygen atoms in total. The molecule has 1 aromatic rings. The predicted molar refractivity (Wildman–Crippen MR) is 55.0 cm³/mol. The molecule has 0 N–H and O–H groups in total. The van der Waals surface area contributed by atoms with Crippen molar-refractivity contribution in [2.24, 2.45) is 0 Å². The molecule has 0 heterocycles. The number of hydrogen-bond acceptors (Lipinski definition) is 1. The van der Waals surface area contributed by atoms with Gasteiger partial charge in [0, 0.05) is 5.92 Å². The fourth-order valence-electron chi connectivity index (χ4n) is 1.54. The van der Waals surface area contributed by atoms with Crippen LogP contribution in [0.3, 0.4) is 0 Å². The van der Waals surface area contributed by atoms with Gasteiger partial charge < -0.3 is 4.79 Å². The van der Waals surface area contributed by atoms with Crippen molar-refractivity contribution in [1.29, 1.82) is 0 Å². The average Bonchev–Trinajstić information content (AvgIpc) is 2.16. The minimum Gasteiger partial charge on any atom is -0.303 e. The third-order valence-electron chi connectivity index (χ3n) is 2.44. The molecule has 70 valence electrons. The maximum atomic E-state index is 10.6. The van der Waals surface area contributed by atoms with Gasteiger partial charge in [0.05, 0.1) is 0 Å². The van der Waals surface area contributed by atoms with Gasteiger partial charge in [-0.3, -0.25) is 0 Å². The lowest BCUT2D eigenvalue weighted by Gasteiger charge is -2.09. The van der Waals surface area contributed by atoms with Crippen LogP contribution in [0.5, 0.6) is 0 Å². The summed E-state index contributed by atoms with van der Waals surface area (Å²) >= 11 is 0. The van der Waals surface area contributed by atoms with E-state index in [1.807, 2.05) is 6.92 Å². The van der Waals surface area contributed by atoms with Crippen LogP contribution < -0.4 is 0 Å². The van der Waals surface area contributed by atoms with Crippen LogP contribution in [0.1, 0.15) is 36.5 Å². The van der Waals surface area contributed by atoms with Gasteiger partial charge in [-0.25, -0.2) is 0 Å². The molecule has 1 atom stereocenters. The molecule has 0 spiro atoms. The highest BCUT2D eigenvalue weighted by Gasteiger charge is 2.06. The molecule has 0 saturated carbocycles. The minimum absolute atomic E-state index is 0.0194. The third-order valence-corrected chi connectivity index (χ3v) is 2.44. The zero-order chi connectivity index (χ0) is 9.84. The molecular formula is C12H16O. The zero-order valence-electron chi connectivity index (χ0n) is 8.50. The van der Waals surface area contributed by atoms with Crippen LogP contribution in [0.15, 0.2) is 18.2 Å². The standard InChI is InChI=1S/C12H16O/c1-4-11-5-6-12(9(2)7-11)10(3)8-13/h5-8,10H,4H2,1-3H3. The molecule has 0 fully saturated rings. The summed E-state index contributed by atoms with van der Waals surface area (Å²) in [7, 11) is 0. The van der Waals surface area contributed by atoms with Gasteiger partial charge >= 0.3 is 0 Å². The Morgan fingerprint density at radius 3 is 2.62 bits per heavy atom. The number of aryl methyl sites for hydroxylation is 2. The Labute approximate surface area is 79.8 Å². The van der Waals surface area contributed by atoms with E-state index in [1.165, 1.54) is 11.1 Å². The number of carbonyl (C=O) groups excluding carboxylic acids is 1. The van der Waals surface area contributed by atoms with E-state index in [1.54, 1.807) is 0 Å². The lowest BCUT2D eigenvalue weighted by atomic mass is 9.95. The summed E-state index contributed by atoms with van der Waals surface area (Å²) < 4.78 is 0. The Bertz CT molecular complexity index is 302. The lowest BCUT2D eigenvalue weighted by molar-refractivity contribution is -0.108. The van der Waals surface area contributed by atoms with Crippen LogP contribution in [0.25, 0.3) is 0 Å². The summed E-state index contributed by atoms with van der Waals surface area (Å²) in [5, 5.41) is 0. The summed E-state index contributed by atoms with van der Waals surface area (Å²) in [5.74, 6) is 0.0194. The molecule has 1 rings (SSSR count). The largest absolute Gasteiger partial charge is 0.303 e. The molecule has 1 aromatic carbocycles. The summed E-state index contributed by atoms with van der Waals surface area (Å²) in [4.78, 5) is 10.6. The Morgan fingerprint density at radius 2 is 2.15 bits per heavy atom. The van der Waals surface area contributed by atoms with E-state index < -0.39 is 0 Å². The second-order valence-corrected chi connectivity index (χ2v) is 3.47. The van der Waals surface area contributed by atoms with Crippen molar-refractivity contribution >= 4 is 6.29 Å². The highest BCUT2D eigenvalue weighted by atomic mass is 16.1. The van der Waals surface area contributed by atoms with Crippen LogP contribution in [-0.2, 0) is 11.2 Å². The van der Waals surface area contributed by atoms with Crippen molar-refractivity contribution in [3.8, 4) is 0 Å². The first-order valence-corrected chi connectivity index (χ1v) is 4.73. The van der Waals surface area contributed by atoms with E-state index in [0.717, 1.165) is 18.3 Å². The molecule has 0 amide bonds. The van der Waals surface area contributed by atoms with Gasteiger partial charge in [0.2, 0.25) is 0 Å².